The van der Waals surface area contributed by atoms with E-state index < -0.39 is 5.41 Å². The Morgan fingerprint density at radius 1 is 0.167 bits per heavy atom. The van der Waals surface area contributed by atoms with Gasteiger partial charge in [-0.3, -0.25) is 0 Å². The first-order valence-electron chi connectivity index (χ1n) is 47.8. The molecule has 24 aromatic rings. The van der Waals surface area contributed by atoms with E-state index >= 15 is 0 Å². The molecule has 4 nitrogen and oxygen atoms in total. The maximum absolute atomic E-state index is 2.44. The van der Waals surface area contributed by atoms with Crippen LogP contribution >= 0.6 is 0 Å². The molecule has 2 aliphatic carbocycles. The summed E-state index contributed by atoms with van der Waals surface area (Å²) in [5, 5.41) is 7.48. The summed E-state index contributed by atoms with van der Waals surface area (Å²) in [4.78, 5) is 4.81. The van der Waals surface area contributed by atoms with Gasteiger partial charge in [0.25, 0.3) is 0 Å². The fourth-order valence-corrected chi connectivity index (χ4v) is 22.1. The molecule has 650 valence electrons. The van der Waals surface area contributed by atoms with Crippen LogP contribution in [0.5, 0.6) is 0 Å². The third kappa shape index (κ3) is 14.4. The lowest BCUT2D eigenvalue weighted by Crippen LogP contribution is -2.28. The number of hydrogen-bond donors (Lipinski definition) is 0. The molecule has 138 heavy (non-hydrogen) atoms. The number of para-hydroxylation sites is 3. The molecule has 0 unspecified atom stereocenters. The fourth-order valence-electron chi connectivity index (χ4n) is 22.1. The second-order valence-electron chi connectivity index (χ2n) is 37.0. The van der Waals surface area contributed by atoms with Gasteiger partial charge in [-0.25, -0.2) is 0 Å². The van der Waals surface area contributed by atoms with Crippen LogP contribution in [-0.4, -0.2) is 9.13 Å². The highest BCUT2D eigenvalue weighted by molar-refractivity contribution is 6.12. The van der Waals surface area contributed by atoms with Gasteiger partial charge in [-0.15, -0.1) is 0 Å². The zero-order chi connectivity index (χ0) is 91.8. The predicted octanol–water partition coefficient (Wildman–Crippen LogP) is 36.0. The Hall–Kier alpha value is -17.7. The third-order valence-corrected chi connectivity index (χ3v) is 28.9. The summed E-state index contributed by atoms with van der Waals surface area (Å²) in [7, 11) is 0. The molecule has 0 saturated carbocycles. The SMILES string of the molecule is CC1(C)c2ccccc2-c2ccc(N(c3ccc(-c4cccc(-c5ccc6c(c5)c5ccccc5n6-c5ccc(-c6ccccc6)cc5)c4)cc3)c3ccc(-c4ccc5ccccc5c4)cc3)cc21.c1ccc(-c2ccc(-n3c4ccccc4c4cc(-c5cccc(-c6ccc(N(c7ccccc7)c7ccc8c(c7)C(c7ccccc7)(c7ccccc7)c7ccccc7-8)cc6)c5)ccc43)cc2)cc1. The van der Waals surface area contributed by atoms with E-state index in [0.717, 1.165) is 45.5 Å². The van der Waals surface area contributed by atoms with Crippen LogP contribution in [0.15, 0.2) is 534 Å². The smallest absolute Gasteiger partial charge is 0.0714 e. The fraction of sp³-hybridized carbons (Fsp3) is 0.0299. The van der Waals surface area contributed by atoms with Gasteiger partial charge in [0.1, 0.15) is 0 Å². The Morgan fingerprint density at radius 3 is 0.942 bits per heavy atom. The molecule has 0 amide bonds. The van der Waals surface area contributed by atoms with Crippen molar-refractivity contribution in [3.8, 4) is 112 Å². The van der Waals surface area contributed by atoms with E-state index in [1.54, 1.807) is 0 Å². The summed E-state index contributed by atoms with van der Waals surface area (Å²) >= 11 is 0. The molecule has 0 fully saturated rings. The molecule has 0 bridgehead atoms. The zero-order valence-corrected chi connectivity index (χ0v) is 76.6. The van der Waals surface area contributed by atoms with E-state index in [0.29, 0.717) is 0 Å². The Balaban J connectivity index is 0.000000146. The lowest BCUT2D eigenvalue weighted by molar-refractivity contribution is 0.660. The largest absolute Gasteiger partial charge is 0.310 e. The molecular weight excluding hydrogens is 1670 g/mol. The quantitative estimate of drug-likeness (QED) is 0.0903. The minimum absolute atomic E-state index is 0.112. The Labute approximate surface area is 805 Å². The van der Waals surface area contributed by atoms with Crippen molar-refractivity contribution < 1.29 is 0 Å². The van der Waals surface area contributed by atoms with Crippen LogP contribution in [0.1, 0.15) is 47.2 Å². The lowest BCUT2D eigenvalue weighted by Gasteiger charge is -2.35. The summed E-state index contributed by atoms with van der Waals surface area (Å²) in [5.41, 5.74) is 43.0. The van der Waals surface area contributed by atoms with Crippen molar-refractivity contribution in [2.24, 2.45) is 0 Å². The summed E-state index contributed by atoms with van der Waals surface area (Å²) in [6, 6.07) is 196. The van der Waals surface area contributed by atoms with Crippen LogP contribution in [0.2, 0.25) is 0 Å². The van der Waals surface area contributed by atoms with Crippen molar-refractivity contribution >= 4 is 88.5 Å². The van der Waals surface area contributed by atoms with Crippen molar-refractivity contribution in [2.45, 2.75) is 24.7 Å². The van der Waals surface area contributed by atoms with E-state index in [4.69, 9.17) is 0 Å². The first kappa shape index (κ1) is 82.2. The average Bonchev–Trinajstić information content (AvgIpc) is 1.59. The molecule has 2 aromatic heterocycles. The highest BCUT2D eigenvalue weighted by Crippen LogP contribution is 2.58. The number of rotatable bonds is 17. The third-order valence-electron chi connectivity index (χ3n) is 28.9. The van der Waals surface area contributed by atoms with Crippen LogP contribution in [0, 0.1) is 0 Å². The van der Waals surface area contributed by atoms with E-state index in [1.165, 1.54) is 188 Å². The number of aromatic nitrogens is 2. The monoisotopic (exact) mass is 1760 g/mol. The van der Waals surface area contributed by atoms with Crippen LogP contribution in [-0.2, 0) is 10.8 Å². The average molecular weight is 1760 g/mol. The maximum atomic E-state index is 2.44. The summed E-state index contributed by atoms with van der Waals surface area (Å²) < 4.78 is 4.79. The van der Waals surface area contributed by atoms with Gasteiger partial charge in [-0.2, -0.15) is 0 Å². The van der Waals surface area contributed by atoms with E-state index in [2.05, 4.69) is 567 Å². The van der Waals surface area contributed by atoms with Gasteiger partial charge < -0.3 is 18.9 Å². The number of hydrogen-bond acceptors (Lipinski definition) is 2. The van der Waals surface area contributed by atoms with Gasteiger partial charge in [0.2, 0.25) is 0 Å². The summed E-state index contributed by atoms with van der Waals surface area (Å²) in [6.07, 6.45) is 0. The first-order chi connectivity index (χ1) is 68.2. The van der Waals surface area contributed by atoms with Crippen molar-refractivity contribution in [1.29, 1.82) is 0 Å². The summed E-state index contributed by atoms with van der Waals surface area (Å²) in [5.74, 6) is 0. The minimum atomic E-state index is -0.488. The molecule has 0 N–H and O–H groups in total. The van der Waals surface area contributed by atoms with Crippen molar-refractivity contribution in [2.75, 3.05) is 9.80 Å². The van der Waals surface area contributed by atoms with Crippen LogP contribution in [0.25, 0.3) is 166 Å². The van der Waals surface area contributed by atoms with Crippen molar-refractivity contribution in [3.05, 3.63) is 567 Å². The molecule has 0 saturated heterocycles. The second kappa shape index (κ2) is 34.4. The minimum Gasteiger partial charge on any atom is -0.310 e. The summed E-state index contributed by atoms with van der Waals surface area (Å²) in [6.45, 7) is 4.71. The normalized spacial score (nSPS) is 12.5. The van der Waals surface area contributed by atoms with Gasteiger partial charge in [-0.05, 0) is 296 Å². The zero-order valence-electron chi connectivity index (χ0n) is 76.6. The highest BCUT2D eigenvalue weighted by Gasteiger charge is 2.47. The molecule has 22 aromatic carbocycles. The van der Waals surface area contributed by atoms with Gasteiger partial charge >= 0.3 is 0 Å². The lowest BCUT2D eigenvalue weighted by atomic mass is 9.67. The standard InChI is InChI=1S/C67H46N2.C67H48N2/c1-5-18-47(19-6-1)48-32-39-57(40-33-48)69-65-31-16-14-29-61(65)62-45-52(36-43-66(62)69)51-21-17-20-50(44-51)49-34-37-56(38-35-49)68(55-26-11-4-12-27-55)58-41-42-60-59-28-13-15-30-63(59)67(64(60)46-58,53-22-7-2-8-23-53)54-24-9-3-10-25-54;1-67(2)63-21-10-8-19-59(63)60-39-38-58(44-64(60)67)68(56-34-29-49(30-35-56)53-24-23-46-15-6-7-16-50(46)42-53)55-32-27-48(28-33-55)51-17-12-18-52(41-51)54-31-40-66-62(43-54)61-20-9-11-22-65(61)69(66)57-36-25-47(26-37-57)45-13-4-3-5-14-45/h1-46H;3-44H,1-2H3. The topological polar surface area (TPSA) is 16.3 Å². The molecule has 26 rings (SSSR count). The van der Waals surface area contributed by atoms with Gasteiger partial charge in [-0.1, -0.05) is 396 Å². The Bertz CT molecular complexity index is 8680. The Morgan fingerprint density at radius 2 is 0.464 bits per heavy atom. The van der Waals surface area contributed by atoms with Gasteiger partial charge in [0, 0.05) is 72.5 Å². The molecule has 2 heterocycles. The molecule has 0 radical (unpaired) electrons. The van der Waals surface area contributed by atoms with Gasteiger partial charge in [0.05, 0.1) is 27.5 Å². The second-order valence-corrected chi connectivity index (χ2v) is 37.0. The first-order valence-corrected chi connectivity index (χ1v) is 47.8. The molecule has 4 heteroatoms. The highest BCUT2D eigenvalue weighted by atomic mass is 15.1. The molecule has 0 atom stereocenters. The number of benzene rings is 22. The molecule has 0 aliphatic heterocycles. The number of nitrogens with zero attached hydrogens (tertiary/aromatic N) is 4. The molecule has 0 spiro atoms. The van der Waals surface area contributed by atoms with E-state index in [1.807, 2.05) is 0 Å². The number of anilines is 6. The predicted molar refractivity (Wildman–Crippen MR) is 581 cm³/mol. The molecular formula is C134H94N4. The van der Waals surface area contributed by atoms with E-state index in [9.17, 15) is 0 Å². The Kier molecular flexibility index (Phi) is 20.5. The van der Waals surface area contributed by atoms with E-state index in [-0.39, 0.29) is 5.41 Å². The van der Waals surface area contributed by atoms with Crippen molar-refractivity contribution in [1.82, 2.24) is 9.13 Å². The van der Waals surface area contributed by atoms with Gasteiger partial charge in [0.15, 0.2) is 0 Å². The van der Waals surface area contributed by atoms with Crippen LogP contribution in [0.4, 0.5) is 34.1 Å². The van der Waals surface area contributed by atoms with Crippen molar-refractivity contribution in [3.63, 3.8) is 0 Å². The van der Waals surface area contributed by atoms with Crippen LogP contribution < -0.4 is 9.80 Å². The molecule has 2 aliphatic rings. The van der Waals surface area contributed by atoms with Crippen LogP contribution in [0.3, 0.4) is 0 Å². The number of fused-ring (bicyclic) bond motifs is 13. The maximum Gasteiger partial charge on any atom is 0.0714 e.